The molecule has 0 fully saturated rings. The minimum atomic E-state index is -0.854. The smallest absolute Gasteiger partial charge is 0.329 e. The highest BCUT2D eigenvalue weighted by atomic mass is 16.5. The van der Waals surface area contributed by atoms with Crippen LogP contribution in [0.2, 0.25) is 0 Å². The molecule has 0 spiro atoms. The number of nitrogens with zero attached hydrogens (tertiary/aromatic N) is 1. The van der Waals surface area contributed by atoms with Crippen molar-refractivity contribution in [3.05, 3.63) is 76.3 Å². The summed E-state index contributed by atoms with van der Waals surface area (Å²) in [6.45, 7) is 3.14. The van der Waals surface area contributed by atoms with Gasteiger partial charge in [-0.15, -0.1) is 0 Å². The fraction of sp³-hybridized carbons (Fsp3) is 0.200. The van der Waals surface area contributed by atoms with E-state index in [2.05, 4.69) is 15.3 Å². The fourth-order valence-corrected chi connectivity index (χ4v) is 2.56. The van der Waals surface area contributed by atoms with Crippen molar-refractivity contribution in [2.45, 2.75) is 26.0 Å². The Morgan fingerprint density at radius 1 is 1.04 bits per heavy atom. The van der Waals surface area contributed by atoms with Gasteiger partial charge in [-0.05, 0) is 38.1 Å². The van der Waals surface area contributed by atoms with Crippen LogP contribution in [0.25, 0.3) is 10.9 Å². The Bertz CT molecular complexity index is 1030. The predicted molar refractivity (Wildman–Crippen MR) is 100 cm³/mol. The molecule has 138 valence electrons. The molecule has 0 bridgehead atoms. The zero-order valence-corrected chi connectivity index (χ0v) is 14.9. The van der Waals surface area contributed by atoms with Crippen molar-refractivity contribution in [2.75, 3.05) is 0 Å². The lowest BCUT2D eigenvalue weighted by Gasteiger charge is -2.17. The summed E-state index contributed by atoms with van der Waals surface area (Å²) < 4.78 is 5.35. The van der Waals surface area contributed by atoms with E-state index in [0.29, 0.717) is 16.5 Å². The van der Waals surface area contributed by atoms with Gasteiger partial charge in [-0.2, -0.15) is 0 Å². The van der Waals surface area contributed by atoms with Crippen LogP contribution >= 0.6 is 0 Å². The summed E-state index contributed by atoms with van der Waals surface area (Å²) in [4.78, 5) is 43.5. The molecule has 1 aromatic heterocycles. The van der Waals surface area contributed by atoms with Gasteiger partial charge in [0.15, 0.2) is 11.9 Å². The molecule has 0 saturated heterocycles. The molecular formula is C20H19N3O4. The topological polar surface area (TPSA) is 101 Å². The highest BCUT2D eigenvalue weighted by Crippen LogP contribution is 2.15. The lowest BCUT2D eigenvalue weighted by Crippen LogP contribution is -2.40. The van der Waals surface area contributed by atoms with Crippen LogP contribution in [0.3, 0.4) is 0 Å². The van der Waals surface area contributed by atoms with E-state index in [0.717, 1.165) is 0 Å². The predicted octanol–water partition coefficient (Wildman–Crippen LogP) is 2.35. The first-order valence-corrected chi connectivity index (χ1v) is 8.51. The number of fused-ring (bicyclic) bond motifs is 1. The molecular weight excluding hydrogens is 346 g/mol. The number of hydrogen-bond donors (Lipinski definition) is 2. The second-order valence-electron chi connectivity index (χ2n) is 6.11. The SMILES string of the molecule is CC(OC(=O)[C@H](C)NC(=O)c1ccccc1)c1nc2ccccc2c(=O)[nH]1. The summed E-state index contributed by atoms with van der Waals surface area (Å²) in [5.74, 6) is -0.749. The number of carbonyl (C=O) groups excluding carboxylic acids is 2. The summed E-state index contributed by atoms with van der Waals surface area (Å²) in [6, 6.07) is 14.6. The summed E-state index contributed by atoms with van der Waals surface area (Å²) in [6.07, 6.45) is -0.772. The minimum Gasteiger partial charge on any atom is -0.453 e. The standard InChI is InChI=1S/C20H19N3O4/c1-12(21-18(24)14-8-4-3-5-9-14)20(26)27-13(2)17-22-16-11-7-6-10-15(16)19(25)23-17/h3-13H,1-2H3,(H,21,24)(H,22,23,25)/t12-,13?/m0/s1. The monoisotopic (exact) mass is 365 g/mol. The zero-order valence-electron chi connectivity index (χ0n) is 14.9. The van der Waals surface area contributed by atoms with Crippen LogP contribution in [0.1, 0.15) is 36.1 Å². The number of rotatable bonds is 5. The highest BCUT2D eigenvalue weighted by Gasteiger charge is 2.22. The largest absolute Gasteiger partial charge is 0.453 e. The molecule has 2 aromatic carbocycles. The molecule has 1 heterocycles. The summed E-state index contributed by atoms with van der Waals surface area (Å²) in [7, 11) is 0. The second kappa shape index (κ2) is 7.82. The number of benzene rings is 2. The van der Waals surface area contributed by atoms with Crippen molar-refractivity contribution in [2.24, 2.45) is 0 Å². The number of esters is 1. The van der Waals surface area contributed by atoms with Crippen molar-refractivity contribution in [3.63, 3.8) is 0 Å². The molecule has 2 N–H and O–H groups in total. The fourth-order valence-electron chi connectivity index (χ4n) is 2.56. The van der Waals surface area contributed by atoms with Crippen molar-refractivity contribution in [3.8, 4) is 0 Å². The van der Waals surface area contributed by atoms with E-state index < -0.39 is 18.1 Å². The van der Waals surface area contributed by atoms with Gasteiger partial charge in [0.05, 0.1) is 10.9 Å². The van der Waals surface area contributed by atoms with Gasteiger partial charge >= 0.3 is 5.97 Å². The Balaban J connectivity index is 1.68. The number of hydrogen-bond acceptors (Lipinski definition) is 5. The molecule has 1 amide bonds. The maximum absolute atomic E-state index is 12.3. The third-order valence-electron chi connectivity index (χ3n) is 4.05. The first-order chi connectivity index (χ1) is 13.0. The van der Waals surface area contributed by atoms with E-state index in [4.69, 9.17) is 4.74 Å². The lowest BCUT2D eigenvalue weighted by molar-refractivity contribution is -0.150. The molecule has 3 aromatic rings. The summed E-state index contributed by atoms with van der Waals surface area (Å²) in [5, 5.41) is 3.05. The third kappa shape index (κ3) is 4.20. The molecule has 0 aliphatic rings. The number of nitrogens with one attached hydrogen (secondary N) is 2. The number of amides is 1. The van der Waals surface area contributed by atoms with Crippen LogP contribution in [-0.4, -0.2) is 27.9 Å². The molecule has 1 unspecified atom stereocenters. The normalized spacial score (nSPS) is 13.0. The molecule has 7 heteroatoms. The maximum atomic E-state index is 12.3. The molecule has 0 aliphatic carbocycles. The molecule has 7 nitrogen and oxygen atoms in total. The van der Waals surface area contributed by atoms with Gasteiger partial charge in [-0.1, -0.05) is 30.3 Å². The highest BCUT2D eigenvalue weighted by molar-refractivity contribution is 5.96. The van der Waals surface area contributed by atoms with Gasteiger partial charge < -0.3 is 15.0 Å². The number of carbonyl (C=O) groups is 2. The average Bonchev–Trinajstić information content (AvgIpc) is 2.68. The Morgan fingerprint density at radius 3 is 2.44 bits per heavy atom. The van der Waals surface area contributed by atoms with Gasteiger partial charge in [0, 0.05) is 5.56 Å². The van der Waals surface area contributed by atoms with Crippen LogP contribution in [-0.2, 0) is 9.53 Å². The van der Waals surface area contributed by atoms with E-state index in [1.54, 1.807) is 61.5 Å². The second-order valence-corrected chi connectivity index (χ2v) is 6.11. The van der Waals surface area contributed by atoms with Crippen molar-refractivity contribution in [1.29, 1.82) is 0 Å². The van der Waals surface area contributed by atoms with Crippen molar-refractivity contribution >= 4 is 22.8 Å². The Kier molecular flexibility index (Phi) is 5.30. The van der Waals surface area contributed by atoms with Gasteiger partial charge in [-0.25, -0.2) is 9.78 Å². The number of aromatic amines is 1. The first-order valence-electron chi connectivity index (χ1n) is 8.51. The number of ether oxygens (including phenoxy) is 1. The maximum Gasteiger partial charge on any atom is 0.329 e. The van der Waals surface area contributed by atoms with E-state index in [9.17, 15) is 14.4 Å². The van der Waals surface area contributed by atoms with Gasteiger partial charge in [0.1, 0.15) is 6.04 Å². The quantitative estimate of drug-likeness (QED) is 0.676. The number of para-hydroxylation sites is 1. The van der Waals surface area contributed by atoms with Crippen LogP contribution in [0.15, 0.2) is 59.4 Å². The summed E-state index contributed by atoms with van der Waals surface area (Å²) >= 11 is 0. The zero-order chi connectivity index (χ0) is 19.4. The van der Waals surface area contributed by atoms with Crippen molar-refractivity contribution in [1.82, 2.24) is 15.3 Å². The number of H-pyrrole nitrogens is 1. The third-order valence-corrected chi connectivity index (χ3v) is 4.05. The molecule has 2 atom stereocenters. The van der Waals surface area contributed by atoms with Gasteiger partial charge in [0.25, 0.3) is 11.5 Å². The lowest BCUT2D eigenvalue weighted by atomic mass is 10.2. The van der Waals surface area contributed by atoms with Crippen LogP contribution in [0.4, 0.5) is 0 Å². The van der Waals surface area contributed by atoms with E-state index in [1.807, 2.05) is 0 Å². The molecule has 0 aliphatic heterocycles. The van der Waals surface area contributed by atoms with Crippen LogP contribution in [0, 0.1) is 0 Å². The van der Waals surface area contributed by atoms with Gasteiger partial charge in [-0.3, -0.25) is 9.59 Å². The molecule has 3 rings (SSSR count). The number of aromatic nitrogens is 2. The van der Waals surface area contributed by atoms with E-state index in [-0.39, 0.29) is 17.3 Å². The Morgan fingerprint density at radius 2 is 1.70 bits per heavy atom. The summed E-state index contributed by atoms with van der Waals surface area (Å²) in [5.41, 5.74) is 0.666. The average molecular weight is 365 g/mol. The van der Waals surface area contributed by atoms with Crippen LogP contribution in [0.5, 0.6) is 0 Å². The van der Waals surface area contributed by atoms with Gasteiger partial charge in [0.2, 0.25) is 0 Å². The first kappa shape index (κ1) is 18.3. The molecule has 0 saturated carbocycles. The molecule has 0 radical (unpaired) electrons. The van der Waals surface area contributed by atoms with E-state index in [1.165, 1.54) is 6.92 Å². The van der Waals surface area contributed by atoms with Crippen molar-refractivity contribution < 1.29 is 14.3 Å². The van der Waals surface area contributed by atoms with Crippen LogP contribution < -0.4 is 10.9 Å². The molecule has 27 heavy (non-hydrogen) atoms. The minimum absolute atomic E-state index is 0.244. The Hall–Kier alpha value is -3.48. The Labute approximate surface area is 155 Å². The van der Waals surface area contributed by atoms with E-state index >= 15 is 0 Å².